The third-order valence-corrected chi connectivity index (χ3v) is 4.19. The molecule has 2 aromatic rings. The Morgan fingerprint density at radius 1 is 1.12 bits per heavy atom. The number of hydrogen-bond donors (Lipinski definition) is 1. The van der Waals surface area contributed by atoms with Gasteiger partial charge in [-0.3, -0.25) is 0 Å². The van der Waals surface area contributed by atoms with Crippen molar-refractivity contribution in [2.75, 3.05) is 26.9 Å². The molecule has 0 aromatic heterocycles. The lowest BCUT2D eigenvalue weighted by Gasteiger charge is -2.14. The SMILES string of the molecule is CCOCCCNCc1cc(OC)c(OCc2ccccc2F)cc1Cl. The van der Waals surface area contributed by atoms with Gasteiger partial charge in [0.25, 0.3) is 0 Å². The van der Waals surface area contributed by atoms with Crippen LogP contribution in [0.25, 0.3) is 0 Å². The van der Waals surface area contributed by atoms with Crippen LogP contribution in [0.4, 0.5) is 4.39 Å². The molecule has 0 aliphatic rings. The fraction of sp³-hybridized carbons (Fsp3) is 0.400. The van der Waals surface area contributed by atoms with Crippen LogP contribution in [0.5, 0.6) is 11.5 Å². The molecule has 0 spiro atoms. The summed E-state index contributed by atoms with van der Waals surface area (Å²) in [6.07, 6.45) is 0.937. The number of methoxy groups -OCH3 is 1. The van der Waals surface area contributed by atoms with Gasteiger partial charge in [0.2, 0.25) is 0 Å². The normalized spacial score (nSPS) is 10.8. The largest absolute Gasteiger partial charge is 0.493 e. The van der Waals surface area contributed by atoms with Crippen LogP contribution in [0, 0.1) is 5.82 Å². The van der Waals surface area contributed by atoms with E-state index in [1.807, 2.05) is 13.0 Å². The Morgan fingerprint density at radius 3 is 2.65 bits per heavy atom. The molecule has 4 nitrogen and oxygen atoms in total. The zero-order chi connectivity index (χ0) is 18.8. The lowest BCUT2D eigenvalue weighted by molar-refractivity contribution is 0.144. The minimum absolute atomic E-state index is 0.106. The van der Waals surface area contributed by atoms with E-state index in [1.165, 1.54) is 6.07 Å². The van der Waals surface area contributed by atoms with Crippen molar-refractivity contribution in [2.45, 2.75) is 26.5 Å². The first-order valence-electron chi connectivity index (χ1n) is 8.66. The highest BCUT2D eigenvalue weighted by atomic mass is 35.5. The molecule has 1 N–H and O–H groups in total. The summed E-state index contributed by atoms with van der Waals surface area (Å²) in [6, 6.07) is 10.1. The first kappa shape index (κ1) is 20.5. The molecule has 0 fully saturated rings. The van der Waals surface area contributed by atoms with Gasteiger partial charge in [0.05, 0.1) is 7.11 Å². The molecule has 0 saturated carbocycles. The van der Waals surface area contributed by atoms with Crippen molar-refractivity contribution in [1.82, 2.24) is 5.32 Å². The van der Waals surface area contributed by atoms with Gasteiger partial charge in [-0.25, -0.2) is 4.39 Å². The van der Waals surface area contributed by atoms with Crippen molar-refractivity contribution in [3.63, 3.8) is 0 Å². The Balaban J connectivity index is 1.96. The summed E-state index contributed by atoms with van der Waals surface area (Å²) in [7, 11) is 1.57. The van der Waals surface area contributed by atoms with Gasteiger partial charge in [0, 0.05) is 36.4 Å². The van der Waals surface area contributed by atoms with Gasteiger partial charge in [-0.2, -0.15) is 0 Å². The molecule has 0 atom stereocenters. The second kappa shape index (κ2) is 11.0. The molecule has 0 radical (unpaired) electrons. The van der Waals surface area contributed by atoms with Crippen LogP contribution in [-0.4, -0.2) is 26.9 Å². The molecule has 0 amide bonds. The topological polar surface area (TPSA) is 39.7 Å². The van der Waals surface area contributed by atoms with Crippen molar-refractivity contribution in [2.24, 2.45) is 0 Å². The average Bonchev–Trinajstić information content (AvgIpc) is 2.65. The van der Waals surface area contributed by atoms with E-state index in [2.05, 4.69) is 5.32 Å². The van der Waals surface area contributed by atoms with Gasteiger partial charge in [-0.1, -0.05) is 29.8 Å². The molecule has 0 aliphatic heterocycles. The third kappa shape index (κ3) is 6.16. The van der Waals surface area contributed by atoms with Crippen LogP contribution in [-0.2, 0) is 17.9 Å². The van der Waals surface area contributed by atoms with Gasteiger partial charge in [-0.15, -0.1) is 0 Å². The van der Waals surface area contributed by atoms with E-state index in [0.717, 1.165) is 31.7 Å². The molecular weight excluding hydrogens is 357 g/mol. The molecule has 6 heteroatoms. The molecule has 0 unspecified atom stereocenters. The molecule has 0 heterocycles. The van der Waals surface area contributed by atoms with E-state index in [4.69, 9.17) is 25.8 Å². The highest BCUT2D eigenvalue weighted by Crippen LogP contribution is 2.34. The molecule has 2 rings (SSSR count). The van der Waals surface area contributed by atoms with Crippen molar-refractivity contribution in [1.29, 1.82) is 0 Å². The summed E-state index contributed by atoms with van der Waals surface area (Å²) in [6.45, 7) is 5.02. The Labute approximate surface area is 159 Å². The van der Waals surface area contributed by atoms with Crippen LogP contribution in [0.15, 0.2) is 36.4 Å². The fourth-order valence-corrected chi connectivity index (χ4v) is 2.64. The Hall–Kier alpha value is -1.82. The van der Waals surface area contributed by atoms with E-state index in [9.17, 15) is 4.39 Å². The smallest absolute Gasteiger partial charge is 0.163 e. The Kier molecular flexibility index (Phi) is 8.68. The van der Waals surface area contributed by atoms with E-state index in [-0.39, 0.29) is 12.4 Å². The maximum absolute atomic E-state index is 13.7. The number of halogens is 2. The lowest BCUT2D eigenvalue weighted by atomic mass is 10.2. The van der Waals surface area contributed by atoms with Crippen LogP contribution in [0.3, 0.4) is 0 Å². The second-order valence-corrected chi connectivity index (χ2v) is 6.11. The number of nitrogens with one attached hydrogen (secondary N) is 1. The van der Waals surface area contributed by atoms with Crippen LogP contribution in [0.2, 0.25) is 5.02 Å². The summed E-state index contributed by atoms with van der Waals surface area (Å²) in [5.41, 5.74) is 1.39. The predicted octanol–water partition coefficient (Wildman–Crippen LogP) is 4.58. The highest BCUT2D eigenvalue weighted by molar-refractivity contribution is 6.31. The summed E-state index contributed by atoms with van der Waals surface area (Å²) in [5, 5.41) is 3.90. The lowest BCUT2D eigenvalue weighted by Crippen LogP contribution is -2.16. The summed E-state index contributed by atoms with van der Waals surface area (Å²) < 4.78 is 30.1. The minimum Gasteiger partial charge on any atom is -0.493 e. The molecule has 26 heavy (non-hydrogen) atoms. The van der Waals surface area contributed by atoms with E-state index >= 15 is 0 Å². The zero-order valence-electron chi connectivity index (χ0n) is 15.2. The summed E-state index contributed by atoms with van der Waals surface area (Å²) in [4.78, 5) is 0. The molecule has 0 aliphatic carbocycles. The van der Waals surface area contributed by atoms with Crippen LogP contribution >= 0.6 is 11.6 Å². The highest BCUT2D eigenvalue weighted by Gasteiger charge is 2.12. The summed E-state index contributed by atoms with van der Waals surface area (Å²) in [5.74, 6) is 0.753. The van der Waals surface area contributed by atoms with E-state index < -0.39 is 0 Å². The second-order valence-electron chi connectivity index (χ2n) is 5.70. The number of hydrogen-bond acceptors (Lipinski definition) is 4. The monoisotopic (exact) mass is 381 g/mol. The maximum Gasteiger partial charge on any atom is 0.163 e. The van der Waals surface area contributed by atoms with Crippen LogP contribution < -0.4 is 14.8 Å². The zero-order valence-corrected chi connectivity index (χ0v) is 15.9. The van der Waals surface area contributed by atoms with Gasteiger partial charge >= 0.3 is 0 Å². The molecule has 0 bridgehead atoms. The molecule has 0 saturated heterocycles. The van der Waals surface area contributed by atoms with Gasteiger partial charge < -0.3 is 19.5 Å². The first-order chi connectivity index (χ1) is 12.7. The Morgan fingerprint density at radius 2 is 1.92 bits per heavy atom. The predicted molar refractivity (Wildman–Crippen MR) is 102 cm³/mol. The van der Waals surface area contributed by atoms with Gasteiger partial charge in [0.15, 0.2) is 11.5 Å². The Bertz CT molecular complexity index is 697. The van der Waals surface area contributed by atoms with Crippen molar-refractivity contribution < 1.29 is 18.6 Å². The minimum atomic E-state index is -0.301. The molecular formula is C20H25ClFNO3. The van der Waals surface area contributed by atoms with Gasteiger partial charge in [0.1, 0.15) is 12.4 Å². The summed E-state index contributed by atoms with van der Waals surface area (Å²) >= 11 is 6.36. The van der Waals surface area contributed by atoms with E-state index in [1.54, 1.807) is 31.4 Å². The quantitative estimate of drug-likeness (QED) is 0.578. The number of ether oxygens (including phenoxy) is 3. The van der Waals surface area contributed by atoms with Crippen molar-refractivity contribution >= 4 is 11.6 Å². The third-order valence-electron chi connectivity index (χ3n) is 3.84. The average molecular weight is 382 g/mol. The number of benzene rings is 2. The maximum atomic E-state index is 13.7. The fourth-order valence-electron chi connectivity index (χ4n) is 2.42. The van der Waals surface area contributed by atoms with E-state index in [0.29, 0.717) is 28.6 Å². The first-order valence-corrected chi connectivity index (χ1v) is 9.04. The van der Waals surface area contributed by atoms with Crippen LogP contribution in [0.1, 0.15) is 24.5 Å². The molecule has 142 valence electrons. The van der Waals surface area contributed by atoms with Crippen molar-refractivity contribution in [3.8, 4) is 11.5 Å². The number of rotatable bonds is 11. The standard InChI is InChI=1S/C20H25ClFNO3/c1-3-25-10-6-9-23-13-16-11-19(24-2)20(12-17(16)21)26-14-15-7-4-5-8-18(15)22/h4-5,7-8,11-12,23H,3,6,9-10,13-14H2,1-2H3. The molecule has 2 aromatic carbocycles. The van der Waals surface area contributed by atoms with Gasteiger partial charge in [-0.05, 0) is 37.6 Å². The van der Waals surface area contributed by atoms with Crippen molar-refractivity contribution in [3.05, 3.63) is 58.4 Å².